The van der Waals surface area contributed by atoms with E-state index in [0.717, 1.165) is 25.0 Å². The molecule has 3 aromatic rings. The Labute approximate surface area is 352 Å². The van der Waals surface area contributed by atoms with Crippen LogP contribution in [0, 0.1) is 35.2 Å². The standard InChI is InChI=1S/C43H52F4N6O7S/c1-24(2)9-7-6-8-10-27-21-43(27,41(56)52-61(57,58)42(23-44)14-15-42)51-38(54)34-19-29(60-39-31-20-33(47)35(59-5)17-26(31)13-16-49-39)22-53(34)40(55)36(25(3)4)50-37(48)30-12-11-28(45)18-32(30)46/h8,10-13,16-18,20,24-25,27,29,34,36H,6-7,9,14-15,19,21-23H2,1-5H3,(H2,48,50)(H,51,54)(H,52,56)/b10-8-/t27-,29-,34+,36+,43-/m1/s1. The molecule has 6 rings (SSSR count). The van der Waals surface area contributed by atoms with E-state index >= 15 is 0 Å². The average molecular weight is 873 g/mol. The van der Waals surface area contributed by atoms with Gasteiger partial charge in [-0.1, -0.05) is 46.3 Å². The second kappa shape index (κ2) is 18.0. The minimum atomic E-state index is -4.46. The first kappa shape index (κ1) is 45.3. The van der Waals surface area contributed by atoms with Gasteiger partial charge in [-0.2, -0.15) is 0 Å². The van der Waals surface area contributed by atoms with Crippen molar-refractivity contribution in [3.63, 3.8) is 0 Å². The maximum Gasteiger partial charge on any atom is 0.259 e. The lowest BCUT2D eigenvalue weighted by Crippen LogP contribution is -2.58. The minimum Gasteiger partial charge on any atom is -0.494 e. The summed E-state index contributed by atoms with van der Waals surface area (Å²) in [4.78, 5) is 53.0. The van der Waals surface area contributed by atoms with Gasteiger partial charge >= 0.3 is 0 Å². The third-order valence-electron chi connectivity index (χ3n) is 11.6. The number of ether oxygens (including phenoxy) is 2. The van der Waals surface area contributed by atoms with Crippen LogP contribution < -0.4 is 25.2 Å². The normalized spacial score (nSPS) is 22.8. The van der Waals surface area contributed by atoms with Gasteiger partial charge in [-0.05, 0) is 79.7 Å². The van der Waals surface area contributed by atoms with Gasteiger partial charge in [0.05, 0.1) is 19.2 Å². The Balaban J connectivity index is 1.33. The third kappa shape index (κ3) is 9.63. The van der Waals surface area contributed by atoms with Gasteiger partial charge in [-0.3, -0.25) is 24.1 Å². The predicted molar refractivity (Wildman–Crippen MR) is 220 cm³/mol. The molecule has 3 amide bonds. The first-order chi connectivity index (χ1) is 28.8. The quantitative estimate of drug-likeness (QED) is 0.0479. The Morgan fingerprint density at radius 3 is 2.46 bits per heavy atom. The highest BCUT2D eigenvalue weighted by Crippen LogP contribution is 2.48. The van der Waals surface area contributed by atoms with Crippen LogP contribution in [0.5, 0.6) is 11.6 Å². The summed E-state index contributed by atoms with van der Waals surface area (Å²) in [5, 5.41) is 3.57. The first-order valence-corrected chi connectivity index (χ1v) is 21.8. The smallest absolute Gasteiger partial charge is 0.259 e. The van der Waals surface area contributed by atoms with Crippen LogP contribution in [0.2, 0.25) is 0 Å². The number of allylic oxidation sites excluding steroid dienone is 1. The van der Waals surface area contributed by atoms with E-state index < -0.39 is 98.0 Å². The van der Waals surface area contributed by atoms with Crippen LogP contribution in [0.4, 0.5) is 17.6 Å². The van der Waals surface area contributed by atoms with Gasteiger partial charge in [0.25, 0.3) is 5.91 Å². The zero-order valence-electron chi connectivity index (χ0n) is 34.7. The monoisotopic (exact) mass is 872 g/mol. The predicted octanol–water partition coefficient (Wildman–Crippen LogP) is 5.64. The lowest BCUT2D eigenvalue weighted by atomic mass is 10.0. The Hall–Kier alpha value is -5.26. The molecule has 0 spiro atoms. The summed E-state index contributed by atoms with van der Waals surface area (Å²) >= 11 is 0. The fraction of sp³-hybridized carbons (Fsp3) is 0.512. The van der Waals surface area contributed by atoms with Crippen molar-refractivity contribution in [2.75, 3.05) is 20.3 Å². The van der Waals surface area contributed by atoms with Gasteiger partial charge in [0.15, 0.2) is 11.6 Å². The Kier molecular flexibility index (Phi) is 13.4. The van der Waals surface area contributed by atoms with Gasteiger partial charge in [0.2, 0.25) is 27.7 Å². The summed E-state index contributed by atoms with van der Waals surface area (Å²) in [6, 6.07) is 4.34. The number of alkyl halides is 1. The molecule has 0 bridgehead atoms. The number of amidine groups is 1. The number of carbonyl (C=O) groups excluding carboxylic acids is 3. The molecule has 13 nitrogen and oxygen atoms in total. The second-order valence-electron chi connectivity index (χ2n) is 16.9. The maximum absolute atomic E-state index is 14.9. The highest BCUT2D eigenvalue weighted by molar-refractivity contribution is 7.91. The van der Waals surface area contributed by atoms with Crippen molar-refractivity contribution in [1.82, 2.24) is 19.9 Å². The number of pyridine rings is 1. The molecule has 1 aromatic heterocycles. The summed E-state index contributed by atoms with van der Waals surface area (Å²) < 4.78 is 95.5. The SMILES string of the molecule is COc1cc2ccnc(O[C@@H]3C[C@@H](C(=O)N[C@]4(C(=O)NS(=O)(=O)C5(CF)CC5)C[C@H]4/C=C\CCCC(C)C)N(C(=O)[C@@H](N=C(N)c4ccc(F)cc4F)C(C)C)C3)c2cc1F. The number of carbonyl (C=O) groups is 3. The van der Waals surface area contributed by atoms with Gasteiger partial charge in [-0.15, -0.1) is 0 Å². The van der Waals surface area contributed by atoms with Crippen LogP contribution in [0.1, 0.15) is 78.2 Å². The minimum absolute atomic E-state index is 0.000228. The first-order valence-electron chi connectivity index (χ1n) is 20.3. The van der Waals surface area contributed by atoms with E-state index in [0.29, 0.717) is 23.8 Å². The molecule has 4 N–H and O–H groups in total. The number of fused-ring (bicyclic) bond motifs is 1. The van der Waals surface area contributed by atoms with Crippen LogP contribution in [0.3, 0.4) is 0 Å². The zero-order chi connectivity index (χ0) is 44.4. The number of amides is 3. The number of nitrogens with zero attached hydrogens (tertiary/aromatic N) is 3. The van der Waals surface area contributed by atoms with Crippen LogP contribution in [-0.4, -0.2) is 90.7 Å². The van der Waals surface area contributed by atoms with Crippen molar-refractivity contribution in [3.05, 3.63) is 77.8 Å². The number of aliphatic imine (C=N–C) groups is 1. The molecule has 1 aliphatic heterocycles. The fourth-order valence-electron chi connectivity index (χ4n) is 7.63. The number of aromatic nitrogens is 1. The van der Waals surface area contributed by atoms with Gasteiger partial charge in [0.1, 0.15) is 52.6 Å². The molecule has 2 aromatic carbocycles. The highest BCUT2D eigenvalue weighted by atomic mass is 32.2. The molecule has 2 saturated carbocycles. The van der Waals surface area contributed by atoms with E-state index in [4.69, 9.17) is 15.2 Å². The van der Waals surface area contributed by atoms with Crippen LogP contribution in [0.25, 0.3) is 10.8 Å². The average Bonchev–Trinajstić information content (AvgIpc) is 4.11. The fourth-order valence-corrected chi connectivity index (χ4v) is 9.06. The van der Waals surface area contributed by atoms with E-state index in [1.807, 2.05) is 10.8 Å². The van der Waals surface area contributed by atoms with Gasteiger partial charge in [-0.25, -0.2) is 31.0 Å². The van der Waals surface area contributed by atoms with E-state index in [-0.39, 0.29) is 54.8 Å². The number of nitrogens with two attached hydrogens (primary N) is 1. The molecule has 0 unspecified atom stereocenters. The van der Waals surface area contributed by atoms with Crippen molar-refractivity contribution in [3.8, 4) is 11.6 Å². The number of hydrogen-bond donors (Lipinski definition) is 3. The zero-order valence-corrected chi connectivity index (χ0v) is 35.5. The molecule has 330 valence electrons. The molecule has 0 radical (unpaired) electrons. The van der Waals surface area contributed by atoms with Crippen molar-refractivity contribution in [2.45, 2.75) is 101 Å². The van der Waals surface area contributed by atoms with E-state index in [9.17, 15) is 40.4 Å². The Bertz CT molecular complexity index is 2340. The van der Waals surface area contributed by atoms with Crippen LogP contribution in [0.15, 0.2) is 59.7 Å². The molecule has 3 aliphatic rings. The van der Waals surface area contributed by atoms with E-state index in [1.54, 1.807) is 26.0 Å². The summed E-state index contributed by atoms with van der Waals surface area (Å²) in [5.41, 5.74) is 4.18. The Morgan fingerprint density at radius 2 is 1.82 bits per heavy atom. The van der Waals surface area contributed by atoms with Crippen LogP contribution in [-0.2, 0) is 24.4 Å². The van der Waals surface area contributed by atoms with Crippen molar-refractivity contribution in [1.29, 1.82) is 0 Å². The van der Waals surface area contributed by atoms with E-state index in [1.165, 1.54) is 30.3 Å². The number of likely N-dealkylation sites (tertiary alicyclic amines) is 1. The number of nitrogens with one attached hydrogen (secondary N) is 2. The number of methoxy groups -OCH3 is 1. The molecule has 3 fully saturated rings. The molecule has 2 aliphatic carbocycles. The van der Waals surface area contributed by atoms with Gasteiger partial charge in [0, 0.05) is 30.0 Å². The summed E-state index contributed by atoms with van der Waals surface area (Å²) in [6.45, 7) is 6.10. The lowest BCUT2D eigenvalue weighted by molar-refractivity contribution is -0.141. The van der Waals surface area contributed by atoms with Crippen molar-refractivity contribution in [2.24, 2.45) is 28.5 Å². The number of rotatable bonds is 18. The molecule has 2 heterocycles. The Morgan fingerprint density at radius 1 is 1.08 bits per heavy atom. The molecular formula is C43H52F4N6O7S. The summed E-state index contributed by atoms with van der Waals surface area (Å²) in [7, 11) is -3.14. The maximum atomic E-state index is 14.9. The molecule has 5 atom stereocenters. The number of unbranched alkanes of at least 4 members (excludes halogenated alkanes) is 1. The topological polar surface area (TPSA) is 182 Å². The van der Waals surface area contributed by atoms with E-state index in [2.05, 4.69) is 29.1 Å². The number of benzene rings is 2. The molecule has 1 saturated heterocycles. The molecule has 61 heavy (non-hydrogen) atoms. The third-order valence-corrected chi connectivity index (χ3v) is 13.7. The van der Waals surface area contributed by atoms with Gasteiger partial charge < -0.3 is 25.4 Å². The number of sulfonamides is 1. The lowest BCUT2D eigenvalue weighted by Gasteiger charge is -2.29. The highest BCUT2D eigenvalue weighted by Gasteiger charge is 2.64. The van der Waals surface area contributed by atoms with Crippen LogP contribution >= 0.6 is 0 Å². The second-order valence-corrected chi connectivity index (χ2v) is 19.0. The van der Waals surface area contributed by atoms with Crippen molar-refractivity contribution < 1.29 is 49.8 Å². The molecule has 18 heteroatoms. The molecular weight excluding hydrogens is 821 g/mol. The number of halogens is 4. The summed E-state index contributed by atoms with van der Waals surface area (Å²) in [6.07, 6.45) is 6.55. The summed E-state index contributed by atoms with van der Waals surface area (Å²) in [5.74, 6) is -6.23. The van der Waals surface area contributed by atoms with Crippen molar-refractivity contribution >= 4 is 44.4 Å². The number of hydrogen-bond acceptors (Lipinski definition) is 9. The largest absolute Gasteiger partial charge is 0.494 e.